The van der Waals surface area contributed by atoms with Crippen LogP contribution in [0.3, 0.4) is 0 Å². The van der Waals surface area contributed by atoms with E-state index in [1.165, 1.54) is 6.20 Å². The summed E-state index contributed by atoms with van der Waals surface area (Å²) in [7, 11) is 1.83. The maximum atomic E-state index is 9.67. The summed E-state index contributed by atoms with van der Waals surface area (Å²) in [5.74, 6) is 0.287. The summed E-state index contributed by atoms with van der Waals surface area (Å²) >= 11 is 1.76. The molecule has 2 N–H and O–H groups in total. The maximum Gasteiger partial charge on any atom is 0.155 e. The molecule has 0 aliphatic carbocycles. The van der Waals surface area contributed by atoms with Crippen LogP contribution in [0.5, 0.6) is 0 Å². The molecule has 5 heterocycles. The summed E-state index contributed by atoms with van der Waals surface area (Å²) < 4.78 is 7.37. The van der Waals surface area contributed by atoms with Gasteiger partial charge in [-0.3, -0.25) is 9.36 Å². The lowest BCUT2D eigenvalue weighted by Gasteiger charge is -2.48. The number of rotatable bonds is 6. The number of fused-ring (bicyclic) bond motifs is 1. The van der Waals surface area contributed by atoms with Gasteiger partial charge in [0.1, 0.15) is 28.4 Å². The number of hydrogen-bond acceptors (Lipinski definition) is 9. The van der Waals surface area contributed by atoms with Gasteiger partial charge in [-0.1, -0.05) is 25.8 Å². The quantitative estimate of drug-likeness (QED) is 0.418. The van der Waals surface area contributed by atoms with E-state index < -0.39 is 5.54 Å². The van der Waals surface area contributed by atoms with Gasteiger partial charge in [0, 0.05) is 43.3 Å². The number of nitriles is 2. The van der Waals surface area contributed by atoms with Crippen molar-refractivity contribution in [1.29, 1.82) is 10.5 Å². The second-order valence-corrected chi connectivity index (χ2v) is 10.4. The molecular formula is C22H23N11S. The highest BCUT2D eigenvalue weighted by molar-refractivity contribution is 7.97. The van der Waals surface area contributed by atoms with Crippen molar-refractivity contribution in [2.24, 2.45) is 7.05 Å². The van der Waals surface area contributed by atoms with Crippen LogP contribution in [-0.4, -0.2) is 56.8 Å². The van der Waals surface area contributed by atoms with E-state index in [0.717, 1.165) is 5.56 Å². The number of nitrogens with two attached hydrogens (primary N) is 1. The van der Waals surface area contributed by atoms with Crippen LogP contribution in [0.2, 0.25) is 0 Å². The van der Waals surface area contributed by atoms with Gasteiger partial charge in [-0.05, 0) is 0 Å². The third-order valence-electron chi connectivity index (χ3n) is 5.81. The number of aromatic nitrogens is 7. The van der Waals surface area contributed by atoms with E-state index in [0.29, 0.717) is 52.8 Å². The summed E-state index contributed by atoms with van der Waals surface area (Å²) in [6.07, 6.45) is 9.01. The molecule has 0 aromatic carbocycles. The molecule has 5 rings (SSSR count). The zero-order valence-electron chi connectivity index (χ0n) is 19.0. The maximum absolute atomic E-state index is 9.67. The van der Waals surface area contributed by atoms with Crippen LogP contribution in [0.4, 0.5) is 5.82 Å². The number of hydrogen-bond donors (Lipinski definition) is 1. The van der Waals surface area contributed by atoms with E-state index in [4.69, 9.17) is 10.7 Å². The van der Waals surface area contributed by atoms with E-state index in [9.17, 15) is 10.5 Å². The predicted octanol–water partition coefficient (Wildman–Crippen LogP) is 2.43. The van der Waals surface area contributed by atoms with E-state index in [1.807, 2.05) is 19.4 Å². The summed E-state index contributed by atoms with van der Waals surface area (Å²) in [5, 5.41) is 32.8. The average Bonchev–Trinajstić information content (AvgIpc) is 3.49. The Balaban J connectivity index is 1.63. The standard InChI is InChI=1S/C22H23N11S/c1-14(2)34-31-12-22(13-31,4-5-23)33-10-17(21(25)29-33)19-20-15(6-24)7-27-32(20)11-18(28-19)16-8-26-30(3)9-16/h7-11,14H,4,12-13H2,1-3H3,(H2,25,29). The molecule has 34 heavy (non-hydrogen) atoms. The molecule has 12 heteroatoms. The fraction of sp³-hybridized carbons (Fsp3) is 0.364. The topological polar surface area (TPSA) is 143 Å². The van der Waals surface area contributed by atoms with Crippen molar-refractivity contribution >= 4 is 23.3 Å². The van der Waals surface area contributed by atoms with Gasteiger partial charge in [0.25, 0.3) is 0 Å². The van der Waals surface area contributed by atoms with Crippen LogP contribution in [0.25, 0.3) is 28.0 Å². The Labute approximate surface area is 200 Å². The zero-order valence-corrected chi connectivity index (χ0v) is 19.9. The van der Waals surface area contributed by atoms with Gasteiger partial charge in [-0.15, -0.1) is 0 Å². The molecule has 0 unspecified atom stereocenters. The number of anilines is 1. The lowest BCUT2D eigenvalue weighted by molar-refractivity contribution is 0.0811. The smallest absolute Gasteiger partial charge is 0.155 e. The molecule has 1 aliphatic rings. The molecular weight excluding hydrogens is 450 g/mol. The van der Waals surface area contributed by atoms with Crippen molar-refractivity contribution in [1.82, 2.24) is 38.5 Å². The highest BCUT2D eigenvalue weighted by atomic mass is 32.2. The fourth-order valence-corrected chi connectivity index (χ4v) is 5.48. The lowest BCUT2D eigenvalue weighted by Crippen LogP contribution is -2.60. The second kappa shape index (κ2) is 8.17. The van der Waals surface area contributed by atoms with Crippen LogP contribution < -0.4 is 5.73 Å². The molecule has 172 valence electrons. The van der Waals surface area contributed by atoms with Crippen LogP contribution in [0, 0.1) is 22.7 Å². The summed E-state index contributed by atoms with van der Waals surface area (Å²) in [6, 6.07) is 4.49. The molecule has 0 atom stereocenters. The third kappa shape index (κ3) is 3.57. The number of nitrogen functional groups attached to an aromatic ring is 1. The Bertz CT molecular complexity index is 1460. The monoisotopic (exact) mass is 473 g/mol. The fourth-order valence-electron chi connectivity index (χ4n) is 4.26. The highest BCUT2D eigenvalue weighted by Crippen LogP contribution is 2.40. The molecule has 4 aromatic heterocycles. The normalized spacial score (nSPS) is 15.4. The van der Waals surface area contributed by atoms with Crippen molar-refractivity contribution in [2.45, 2.75) is 31.1 Å². The van der Waals surface area contributed by atoms with Gasteiger partial charge >= 0.3 is 0 Å². The van der Waals surface area contributed by atoms with Crippen molar-refractivity contribution in [2.75, 3.05) is 18.8 Å². The molecule has 1 saturated heterocycles. The molecule has 0 amide bonds. The summed E-state index contributed by atoms with van der Waals surface area (Å²) in [6.45, 7) is 5.67. The van der Waals surface area contributed by atoms with Gasteiger partial charge < -0.3 is 5.73 Å². The summed E-state index contributed by atoms with van der Waals surface area (Å²) in [4.78, 5) is 4.86. The van der Waals surface area contributed by atoms with Gasteiger partial charge in [0.2, 0.25) is 0 Å². The van der Waals surface area contributed by atoms with Crippen LogP contribution in [-0.2, 0) is 12.6 Å². The first-order chi connectivity index (χ1) is 16.3. The van der Waals surface area contributed by atoms with Crippen LogP contribution >= 0.6 is 11.9 Å². The Morgan fingerprint density at radius 3 is 2.62 bits per heavy atom. The number of aryl methyl sites for hydroxylation is 1. The van der Waals surface area contributed by atoms with E-state index in [2.05, 4.69) is 45.6 Å². The van der Waals surface area contributed by atoms with Crippen LogP contribution in [0.1, 0.15) is 25.8 Å². The Hall–Kier alpha value is -3.87. The molecule has 0 saturated carbocycles. The third-order valence-corrected chi connectivity index (χ3v) is 6.79. The SMILES string of the molecule is CC(C)SN1CC(CC#N)(n2cc(-c3nc(-c4cnn(C)c4)cn4ncc(C#N)c34)c(N)n2)C1. The van der Waals surface area contributed by atoms with Crippen molar-refractivity contribution in [3.8, 4) is 34.7 Å². The summed E-state index contributed by atoms with van der Waals surface area (Å²) in [5.41, 5.74) is 9.46. The van der Waals surface area contributed by atoms with E-state index >= 15 is 0 Å². The molecule has 4 aromatic rings. The van der Waals surface area contributed by atoms with Gasteiger partial charge in [-0.2, -0.15) is 25.8 Å². The second-order valence-electron chi connectivity index (χ2n) is 8.72. The first-order valence-corrected chi connectivity index (χ1v) is 11.6. The van der Waals surface area contributed by atoms with Gasteiger partial charge in [0.15, 0.2) is 5.82 Å². The minimum Gasteiger partial charge on any atom is -0.382 e. The Morgan fingerprint density at radius 1 is 1.18 bits per heavy atom. The lowest BCUT2D eigenvalue weighted by atomic mass is 9.89. The van der Waals surface area contributed by atoms with Crippen molar-refractivity contribution < 1.29 is 0 Å². The Kier molecular flexibility index (Phi) is 5.27. The van der Waals surface area contributed by atoms with Crippen molar-refractivity contribution in [3.05, 3.63) is 36.5 Å². The first-order valence-electron chi connectivity index (χ1n) is 10.8. The van der Waals surface area contributed by atoms with E-state index in [-0.39, 0.29) is 5.82 Å². The zero-order chi connectivity index (χ0) is 24.0. The van der Waals surface area contributed by atoms with Crippen LogP contribution in [0.15, 0.2) is 31.0 Å². The Morgan fingerprint density at radius 2 is 1.97 bits per heavy atom. The minimum absolute atomic E-state index is 0.287. The molecule has 1 aliphatic heterocycles. The largest absolute Gasteiger partial charge is 0.382 e. The van der Waals surface area contributed by atoms with E-state index in [1.54, 1.807) is 38.2 Å². The van der Waals surface area contributed by atoms with Gasteiger partial charge in [-0.25, -0.2) is 13.8 Å². The molecule has 11 nitrogen and oxygen atoms in total. The van der Waals surface area contributed by atoms with Gasteiger partial charge in [0.05, 0.1) is 42.3 Å². The highest BCUT2D eigenvalue weighted by Gasteiger charge is 2.46. The molecule has 0 bridgehead atoms. The minimum atomic E-state index is -0.460. The van der Waals surface area contributed by atoms with Crippen molar-refractivity contribution in [3.63, 3.8) is 0 Å². The molecule has 0 spiro atoms. The predicted molar refractivity (Wildman–Crippen MR) is 128 cm³/mol. The molecule has 1 fully saturated rings. The number of nitrogens with zero attached hydrogens (tertiary/aromatic N) is 10. The average molecular weight is 474 g/mol. The first kappa shape index (κ1) is 21.9. The molecule has 0 radical (unpaired) electrons.